The molecule has 3 aromatic rings. The van der Waals surface area contributed by atoms with Crippen molar-refractivity contribution in [3.63, 3.8) is 0 Å². The van der Waals surface area contributed by atoms with Crippen molar-refractivity contribution in [2.45, 2.75) is 50.2 Å². The van der Waals surface area contributed by atoms with Crippen LogP contribution in [0.5, 0.6) is 0 Å². The molecule has 1 N–H and O–H groups in total. The molecule has 1 aliphatic heterocycles. The fraction of sp³-hybridized carbons (Fsp3) is 0.321. The van der Waals surface area contributed by atoms with E-state index in [1.165, 1.54) is 11.6 Å². The minimum Gasteiger partial charge on any atom is -0.382 e. The van der Waals surface area contributed by atoms with E-state index in [2.05, 4.69) is 46.6 Å². The number of nitrogens with one attached hydrogen (secondary N) is 1. The zero-order valence-corrected chi connectivity index (χ0v) is 18.2. The summed E-state index contributed by atoms with van der Waals surface area (Å²) in [5.74, 6) is 0.435. The molecule has 0 unspecified atom stereocenters. The Kier molecular flexibility index (Phi) is 5.93. The number of carbonyl (C=O) groups excluding carboxylic acids is 1. The third-order valence-electron chi connectivity index (χ3n) is 7.10. The second-order valence-corrected chi connectivity index (χ2v) is 9.07. The van der Waals surface area contributed by atoms with Crippen LogP contribution in [0.2, 0.25) is 0 Å². The Labute approximate surface area is 189 Å². The van der Waals surface area contributed by atoms with Gasteiger partial charge in [0.1, 0.15) is 5.82 Å². The Balaban J connectivity index is 1.49. The quantitative estimate of drug-likeness (QED) is 0.541. The lowest BCUT2D eigenvalue weighted by molar-refractivity contribution is -0.142. The van der Waals surface area contributed by atoms with E-state index < -0.39 is 0 Å². The van der Waals surface area contributed by atoms with Crippen LogP contribution in [0, 0.1) is 11.7 Å². The van der Waals surface area contributed by atoms with Crippen molar-refractivity contribution < 1.29 is 9.18 Å². The van der Waals surface area contributed by atoms with E-state index in [1.807, 2.05) is 30.3 Å². The highest BCUT2D eigenvalue weighted by molar-refractivity contribution is 5.79. The highest BCUT2D eigenvalue weighted by Gasteiger charge is 2.47. The molecule has 0 bridgehead atoms. The van der Waals surface area contributed by atoms with Crippen LogP contribution in [0.25, 0.3) is 0 Å². The highest BCUT2D eigenvalue weighted by Crippen LogP contribution is 2.46. The van der Waals surface area contributed by atoms with E-state index in [4.69, 9.17) is 0 Å². The van der Waals surface area contributed by atoms with Crippen molar-refractivity contribution in [1.82, 2.24) is 4.90 Å². The van der Waals surface area contributed by atoms with Gasteiger partial charge in [0.05, 0.1) is 0 Å². The van der Waals surface area contributed by atoms with Crippen molar-refractivity contribution in [3.05, 3.63) is 102 Å². The van der Waals surface area contributed by atoms with Crippen LogP contribution in [0.4, 0.5) is 10.1 Å². The molecule has 4 atom stereocenters. The standard InChI is InChI=1S/C28H29FN2O/c29-22-13-7-14-23(17-22)30-25-15-8-16-26-28(25)24(21-11-5-2-6-12-21)18-27(32)31(26)19-20-9-3-1-4-10-20/h1-7,9-14,17,24-26,28,30H,8,15-16,18-19H2/t24-,25+,26-,28+/m1/s1. The number of fused-ring (bicyclic) bond motifs is 1. The molecular weight excluding hydrogens is 399 g/mol. The topological polar surface area (TPSA) is 32.3 Å². The first kappa shape index (κ1) is 20.7. The minimum atomic E-state index is -0.230. The summed E-state index contributed by atoms with van der Waals surface area (Å²) in [6.07, 6.45) is 3.59. The van der Waals surface area contributed by atoms with Crippen LogP contribution in [0.1, 0.15) is 42.7 Å². The van der Waals surface area contributed by atoms with Crippen LogP contribution in [0.15, 0.2) is 84.9 Å². The molecule has 3 aromatic carbocycles. The number of likely N-dealkylation sites (tertiary alicyclic amines) is 1. The molecule has 1 amide bonds. The highest BCUT2D eigenvalue weighted by atomic mass is 19.1. The number of benzene rings is 3. The van der Waals surface area contributed by atoms with Gasteiger partial charge in [0.15, 0.2) is 0 Å². The predicted octanol–water partition coefficient (Wildman–Crippen LogP) is 5.99. The molecule has 0 spiro atoms. The zero-order valence-electron chi connectivity index (χ0n) is 18.2. The molecule has 1 aliphatic carbocycles. The predicted molar refractivity (Wildman–Crippen MR) is 126 cm³/mol. The molecule has 5 rings (SSSR count). The summed E-state index contributed by atoms with van der Waals surface area (Å²) in [5.41, 5.74) is 3.20. The summed E-state index contributed by atoms with van der Waals surface area (Å²) in [6.45, 7) is 0.648. The van der Waals surface area contributed by atoms with Gasteiger partial charge >= 0.3 is 0 Å². The molecule has 1 heterocycles. The summed E-state index contributed by atoms with van der Waals surface area (Å²) in [7, 11) is 0. The van der Waals surface area contributed by atoms with Gasteiger partial charge in [0.2, 0.25) is 5.91 Å². The molecule has 0 radical (unpaired) electrons. The monoisotopic (exact) mass is 428 g/mol. The average molecular weight is 429 g/mol. The number of rotatable bonds is 5. The summed E-state index contributed by atoms with van der Waals surface area (Å²) in [4.78, 5) is 15.5. The third-order valence-corrected chi connectivity index (χ3v) is 7.10. The molecule has 1 saturated carbocycles. The Morgan fingerprint density at radius 1 is 0.906 bits per heavy atom. The van der Waals surface area contributed by atoms with Crippen molar-refractivity contribution in [1.29, 1.82) is 0 Å². The normalized spacial score (nSPS) is 25.3. The molecule has 0 aromatic heterocycles. The molecule has 2 aliphatic rings. The summed E-state index contributed by atoms with van der Waals surface area (Å²) in [5, 5.41) is 3.64. The Bertz CT molecular complexity index is 1060. The summed E-state index contributed by atoms with van der Waals surface area (Å²) < 4.78 is 13.9. The van der Waals surface area contributed by atoms with Crippen LogP contribution in [0.3, 0.4) is 0 Å². The molecular formula is C28H29FN2O. The van der Waals surface area contributed by atoms with Gasteiger partial charge in [-0.1, -0.05) is 66.7 Å². The largest absolute Gasteiger partial charge is 0.382 e. The van der Waals surface area contributed by atoms with Gasteiger partial charge in [-0.15, -0.1) is 0 Å². The number of amides is 1. The molecule has 164 valence electrons. The number of piperidine rings is 1. The lowest BCUT2D eigenvalue weighted by Crippen LogP contribution is -2.57. The van der Waals surface area contributed by atoms with Crippen LogP contribution >= 0.6 is 0 Å². The van der Waals surface area contributed by atoms with Gasteiger partial charge in [0.25, 0.3) is 0 Å². The molecule has 32 heavy (non-hydrogen) atoms. The minimum absolute atomic E-state index is 0.159. The fourth-order valence-electron chi connectivity index (χ4n) is 5.73. The van der Waals surface area contributed by atoms with Crippen LogP contribution < -0.4 is 5.32 Å². The average Bonchev–Trinajstić information content (AvgIpc) is 2.82. The first-order chi connectivity index (χ1) is 15.7. The van der Waals surface area contributed by atoms with Crippen molar-refractivity contribution in [2.24, 2.45) is 5.92 Å². The Morgan fingerprint density at radius 2 is 1.66 bits per heavy atom. The Morgan fingerprint density at radius 3 is 2.41 bits per heavy atom. The summed E-state index contributed by atoms with van der Waals surface area (Å²) >= 11 is 0. The lowest BCUT2D eigenvalue weighted by atomic mass is 9.66. The first-order valence-electron chi connectivity index (χ1n) is 11.6. The fourth-order valence-corrected chi connectivity index (χ4v) is 5.73. The van der Waals surface area contributed by atoms with Crippen LogP contribution in [-0.2, 0) is 11.3 Å². The first-order valence-corrected chi connectivity index (χ1v) is 11.6. The summed E-state index contributed by atoms with van der Waals surface area (Å²) in [6, 6.07) is 27.8. The number of hydrogen-bond acceptors (Lipinski definition) is 2. The maximum absolute atomic E-state index is 13.9. The Hall–Kier alpha value is -3.14. The number of carbonyl (C=O) groups is 1. The van der Waals surface area contributed by atoms with Crippen molar-refractivity contribution >= 4 is 11.6 Å². The van der Waals surface area contributed by atoms with Crippen molar-refractivity contribution in [3.8, 4) is 0 Å². The van der Waals surface area contributed by atoms with Gasteiger partial charge in [-0.25, -0.2) is 4.39 Å². The second-order valence-electron chi connectivity index (χ2n) is 9.07. The molecule has 3 nitrogen and oxygen atoms in total. The molecule has 1 saturated heterocycles. The SMILES string of the molecule is O=C1C[C@H](c2ccccc2)[C@H]2[C@@H](Nc3cccc(F)c3)CCC[C@H]2N1Cc1ccccc1. The third kappa shape index (κ3) is 4.27. The lowest BCUT2D eigenvalue weighted by Gasteiger charge is -2.51. The zero-order chi connectivity index (χ0) is 21.9. The van der Waals surface area contributed by atoms with E-state index in [9.17, 15) is 9.18 Å². The van der Waals surface area contributed by atoms with E-state index >= 15 is 0 Å². The maximum Gasteiger partial charge on any atom is 0.223 e. The van der Waals surface area contributed by atoms with Gasteiger partial charge < -0.3 is 10.2 Å². The van der Waals surface area contributed by atoms with Crippen molar-refractivity contribution in [2.75, 3.05) is 5.32 Å². The van der Waals surface area contributed by atoms with E-state index in [1.54, 1.807) is 12.1 Å². The van der Waals surface area contributed by atoms with Gasteiger partial charge in [-0.05, 0) is 54.5 Å². The van der Waals surface area contributed by atoms with E-state index in [0.717, 1.165) is 30.5 Å². The van der Waals surface area contributed by atoms with Gasteiger partial charge in [-0.2, -0.15) is 0 Å². The van der Waals surface area contributed by atoms with Gasteiger partial charge in [-0.3, -0.25) is 4.79 Å². The second kappa shape index (κ2) is 9.15. The van der Waals surface area contributed by atoms with Gasteiger partial charge in [0, 0.05) is 36.7 Å². The van der Waals surface area contributed by atoms with E-state index in [-0.39, 0.29) is 35.6 Å². The number of nitrogens with zero attached hydrogens (tertiary/aromatic N) is 1. The van der Waals surface area contributed by atoms with E-state index in [0.29, 0.717) is 13.0 Å². The number of halogens is 1. The number of hydrogen-bond donors (Lipinski definition) is 1. The smallest absolute Gasteiger partial charge is 0.223 e. The number of anilines is 1. The maximum atomic E-state index is 13.9. The van der Waals surface area contributed by atoms with Crippen LogP contribution in [-0.4, -0.2) is 22.9 Å². The molecule has 4 heteroatoms. The molecule has 2 fully saturated rings.